The van der Waals surface area contributed by atoms with E-state index in [1.165, 1.54) is 11.3 Å². The first-order valence-electron chi connectivity index (χ1n) is 6.80. The van der Waals surface area contributed by atoms with Crippen molar-refractivity contribution in [3.63, 3.8) is 0 Å². The Morgan fingerprint density at radius 3 is 2.91 bits per heavy atom. The normalized spacial score (nSPS) is 13.9. The summed E-state index contributed by atoms with van der Waals surface area (Å²) in [7, 11) is 0. The van der Waals surface area contributed by atoms with Crippen molar-refractivity contribution >= 4 is 39.3 Å². The van der Waals surface area contributed by atoms with Gasteiger partial charge in [0.15, 0.2) is 16.5 Å². The Hall–Kier alpha value is -3.00. The van der Waals surface area contributed by atoms with E-state index in [2.05, 4.69) is 20.6 Å². The third-order valence-electron chi connectivity index (χ3n) is 3.20. The molecule has 2 aromatic heterocycles. The van der Waals surface area contributed by atoms with Crippen LogP contribution >= 0.6 is 11.3 Å². The van der Waals surface area contributed by atoms with Crippen LogP contribution in [-0.4, -0.2) is 29.3 Å². The van der Waals surface area contributed by atoms with E-state index < -0.39 is 5.91 Å². The quantitative estimate of drug-likeness (QED) is 0.750. The molecule has 8 heteroatoms. The maximum absolute atomic E-state index is 12.1. The second-order valence-corrected chi connectivity index (χ2v) is 5.85. The van der Waals surface area contributed by atoms with Gasteiger partial charge >= 0.3 is 0 Å². The fourth-order valence-corrected chi connectivity index (χ4v) is 3.08. The number of fused-ring (bicyclic) bond motifs is 1. The lowest BCUT2D eigenvalue weighted by molar-refractivity contribution is -0.117. The molecule has 0 spiro atoms. The Morgan fingerprint density at radius 2 is 2.13 bits per heavy atom. The Balaban J connectivity index is 1.56. The highest BCUT2D eigenvalue weighted by Crippen LogP contribution is 2.31. The van der Waals surface area contributed by atoms with E-state index in [0.29, 0.717) is 10.8 Å². The van der Waals surface area contributed by atoms with Crippen LogP contribution in [0, 0.1) is 0 Å². The number of hydrogen-bond donors (Lipinski definition) is 2. The number of thiazole rings is 1. The minimum Gasteiger partial charge on any atom is -0.448 e. The molecular formula is C15H10N4O3S. The van der Waals surface area contributed by atoms with Crippen LogP contribution in [0.3, 0.4) is 0 Å². The van der Waals surface area contributed by atoms with Gasteiger partial charge in [0.2, 0.25) is 11.9 Å². The number of rotatable bonds is 2. The zero-order chi connectivity index (χ0) is 15.8. The summed E-state index contributed by atoms with van der Waals surface area (Å²) < 4.78 is 6.62. The molecule has 23 heavy (non-hydrogen) atoms. The number of para-hydroxylation sites is 1. The largest absolute Gasteiger partial charge is 0.448 e. The number of benzene rings is 1. The van der Waals surface area contributed by atoms with Gasteiger partial charge in [-0.3, -0.25) is 20.2 Å². The summed E-state index contributed by atoms with van der Waals surface area (Å²) in [6, 6.07) is 11.0. The lowest BCUT2D eigenvalue weighted by Crippen LogP contribution is -2.39. The minimum absolute atomic E-state index is 0.0186. The number of guanidine groups is 1. The highest BCUT2D eigenvalue weighted by Gasteiger charge is 2.19. The van der Waals surface area contributed by atoms with Gasteiger partial charge in [-0.2, -0.15) is 0 Å². The van der Waals surface area contributed by atoms with Crippen LogP contribution < -0.4 is 10.6 Å². The van der Waals surface area contributed by atoms with Crippen molar-refractivity contribution in [2.75, 3.05) is 6.54 Å². The lowest BCUT2D eigenvalue weighted by Gasteiger charge is -2.01. The molecule has 0 aliphatic carbocycles. The van der Waals surface area contributed by atoms with Gasteiger partial charge in [-0.15, -0.1) is 11.3 Å². The predicted molar refractivity (Wildman–Crippen MR) is 85.2 cm³/mol. The van der Waals surface area contributed by atoms with Gasteiger partial charge in [-0.05, 0) is 24.3 Å². The van der Waals surface area contributed by atoms with Crippen molar-refractivity contribution in [3.8, 4) is 10.8 Å². The number of aliphatic imine (C=N–C) groups is 1. The average Bonchev–Trinajstić information content (AvgIpc) is 3.25. The molecule has 2 amide bonds. The van der Waals surface area contributed by atoms with Gasteiger partial charge in [-0.25, -0.2) is 9.98 Å². The number of hydrogen-bond acceptors (Lipinski definition) is 6. The highest BCUT2D eigenvalue weighted by molar-refractivity contribution is 7.21. The molecule has 0 bridgehead atoms. The first-order valence-corrected chi connectivity index (χ1v) is 7.62. The van der Waals surface area contributed by atoms with E-state index in [0.717, 1.165) is 10.2 Å². The van der Waals surface area contributed by atoms with Gasteiger partial charge in [0.25, 0.3) is 5.91 Å². The molecule has 1 aromatic carbocycles. The number of carbonyl (C=O) groups is 2. The van der Waals surface area contributed by atoms with E-state index in [4.69, 9.17) is 4.42 Å². The smallest absolute Gasteiger partial charge is 0.293 e. The van der Waals surface area contributed by atoms with Crippen molar-refractivity contribution in [1.29, 1.82) is 0 Å². The lowest BCUT2D eigenvalue weighted by atomic mass is 10.3. The molecule has 3 aromatic rings. The second-order valence-electron chi connectivity index (χ2n) is 4.82. The fourth-order valence-electron chi connectivity index (χ4n) is 2.15. The zero-order valence-corrected chi connectivity index (χ0v) is 12.5. The summed E-state index contributed by atoms with van der Waals surface area (Å²) >= 11 is 1.49. The first kappa shape index (κ1) is 13.6. The average molecular weight is 326 g/mol. The van der Waals surface area contributed by atoms with Crippen LogP contribution in [0.4, 0.5) is 0 Å². The van der Waals surface area contributed by atoms with Crippen LogP contribution in [-0.2, 0) is 4.79 Å². The molecule has 7 nitrogen and oxygen atoms in total. The number of amides is 2. The number of furan rings is 1. The summed E-state index contributed by atoms with van der Waals surface area (Å²) in [6.45, 7) is 0.0186. The highest BCUT2D eigenvalue weighted by atomic mass is 32.1. The van der Waals surface area contributed by atoms with Crippen molar-refractivity contribution in [2.24, 2.45) is 4.99 Å². The van der Waals surface area contributed by atoms with Crippen molar-refractivity contribution in [3.05, 3.63) is 42.2 Å². The molecule has 3 heterocycles. The van der Waals surface area contributed by atoms with E-state index in [-0.39, 0.29) is 24.2 Å². The van der Waals surface area contributed by atoms with Crippen molar-refractivity contribution in [2.45, 2.75) is 0 Å². The number of nitrogens with one attached hydrogen (secondary N) is 2. The monoisotopic (exact) mass is 326 g/mol. The number of carbonyl (C=O) groups excluding carboxylic acids is 2. The van der Waals surface area contributed by atoms with Crippen molar-refractivity contribution < 1.29 is 14.0 Å². The molecule has 2 N–H and O–H groups in total. The molecule has 114 valence electrons. The Bertz CT molecular complexity index is 923. The SMILES string of the molecule is O=C1CN=C(NC(=O)c2ccc(-c3nc4ccccc4s3)o2)N1. The van der Waals surface area contributed by atoms with Gasteiger partial charge in [-0.1, -0.05) is 12.1 Å². The first-order chi connectivity index (χ1) is 11.2. The summed E-state index contributed by atoms with van der Waals surface area (Å²) in [5.41, 5.74) is 0.887. The van der Waals surface area contributed by atoms with Gasteiger partial charge in [0.1, 0.15) is 6.54 Å². The minimum atomic E-state index is -0.474. The summed E-state index contributed by atoms with van der Waals surface area (Å²) in [5, 5.41) is 5.63. The molecule has 1 aliphatic heterocycles. The van der Waals surface area contributed by atoms with Crippen LogP contribution in [0.1, 0.15) is 10.6 Å². The summed E-state index contributed by atoms with van der Waals surface area (Å²) in [5.74, 6) is 0.0583. The van der Waals surface area contributed by atoms with Crippen LogP contribution in [0.25, 0.3) is 21.0 Å². The van der Waals surface area contributed by atoms with Crippen LogP contribution in [0.2, 0.25) is 0 Å². The zero-order valence-electron chi connectivity index (χ0n) is 11.7. The van der Waals surface area contributed by atoms with E-state index in [1.54, 1.807) is 12.1 Å². The molecule has 4 rings (SSSR count). The maximum Gasteiger partial charge on any atom is 0.293 e. The Labute approximate surface area is 134 Å². The predicted octanol–water partition coefficient (Wildman–Crippen LogP) is 1.77. The topological polar surface area (TPSA) is 96.6 Å². The van der Waals surface area contributed by atoms with E-state index >= 15 is 0 Å². The molecule has 1 aliphatic rings. The maximum atomic E-state index is 12.1. The Morgan fingerprint density at radius 1 is 1.26 bits per heavy atom. The van der Waals surface area contributed by atoms with Crippen molar-refractivity contribution in [1.82, 2.24) is 15.6 Å². The molecule has 0 saturated carbocycles. The number of nitrogens with zero attached hydrogens (tertiary/aromatic N) is 2. The molecule has 0 unspecified atom stereocenters. The van der Waals surface area contributed by atoms with Crippen LogP contribution in [0.15, 0.2) is 45.8 Å². The van der Waals surface area contributed by atoms with Crippen LogP contribution in [0.5, 0.6) is 0 Å². The summed E-state index contributed by atoms with van der Waals surface area (Å²) in [6.07, 6.45) is 0. The standard InChI is InChI=1S/C15H10N4O3S/c20-12-7-16-15(18-12)19-13(21)9-5-6-10(22-9)14-17-8-3-1-2-4-11(8)23-14/h1-6H,7H2,(H2,16,18,19,20,21). The Kier molecular flexibility index (Phi) is 3.16. The molecule has 0 fully saturated rings. The second kappa shape index (κ2) is 5.33. The summed E-state index contributed by atoms with van der Waals surface area (Å²) in [4.78, 5) is 31.4. The third-order valence-corrected chi connectivity index (χ3v) is 4.26. The van der Waals surface area contributed by atoms with Gasteiger partial charge < -0.3 is 4.42 Å². The number of aromatic nitrogens is 1. The third kappa shape index (κ3) is 2.59. The van der Waals surface area contributed by atoms with E-state index in [9.17, 15) is 9.59 Å². The van der Waals surface area contributed by atoms with Gasteiger partial charge in [0.05, 0.1) is 10.2 Å². The fraction of sp³-hybridized carbons (Fsp3) is 0.0667. The molecule has 0 radical (unpaired) electrons. The van der Waals surface area contributed by atoms with Gasteiger partial charge in [0, 0.05) is 0 Å². The molecule has 0 atom stereocenters. The molecular weight excluding hydrogens is 316 g/mol. The molecule has 0 saturated heterocycles. The van der Waals surface area contributed by atoms with E-state index in [1.807, 2.05) is 24.3 Å².